The number of rotatable bonds is 12. The van der Waals surface area contributed by atoms with Crippen molar-refractivity contribution >= 4 is 24.8 Å². The molecule has 2 unspecified atom stereocenters. The van der Waals surface area contributed by atoms with Gasteiger partial charge in [-0.25, -0.2) is 4.98 Å². The molecule has 3 amide bonds. The maximum atomic E-state index is 13.2. The van der Waals surface area contributed by atoms with E-state index in [9.17, 15) is 24.4 Å². The van der Waals surface area contributed by atoms with Crippen LogP contribution in [0.3, 0.4) is 0 Å². The molecule has 198 valence electrons. The molecule has 2 atom stereocenters. The van der Waals surface area contributed by atoms with Gasteiger partial charge in [0.05, 0.1) is 18.6 Å². The van der Waals surface area contributed by atoms with Crippen LogP contribution in [0.4, 0.5) is 0 Å². The summed E-state index contributed by atoms with van der Waals surface area (Å²) in [5, 5.41) is 25.0. The van der Waals surface area contributed by atoms with Gasteiger partial charge in [-0.2, -0.15) is 0 Å². The van der Waals surface area contributed by atoms with Crippen molar-refractivity contribution in [2.45, 2.75) is 44.6 Å². The van der Waals surface area contributed by atoms with Crippen LogP contribution in [0.5, 0.6) is 0 Å². The molecule has 4 N–H and O–H groups in total. The summed E-state index contributed by atoms with van der Waals surface area (Å²) >= 11 is 0. The first-order chi connectivity index (χ1) is 17.9. The minimum Gasteiger partial charge on any atom is -0.426 e. The fourth-order valence-electron chi connectivity index (χ4n) is 4.22. The first-order valence-corrected chi connectivity index (χ1v) is 12.6. The zero-order valence-corrected chi connectivity index (χ0v) is 21.1. The number of hydrogen-bond acceptors (Lipinski definition) is 8. The van der Waals surface area contributed by atoms with Crippen molar-refractivity contribution in [3.63, 3.8) is 0 Å². The zero-order chi connectivity index (χ0) is 26.6. The lowest BCUT2D eigenvalue weighted by atomic mass is 9.76. The van der Waals surface area contributed by atoms with Crippen LogP contribution >= 0.6 is 0 Å². The van der Waals surface area contributed by atoms with Gasteiger partial charge in [0, 0.05) is 38.6 Å². The normalized spacial score (nSPS) is 15.5. The molecule has 3 rings (SSSR count). The second-order valence-corrected chi connectivity index (χ2v) is 9.04. The molecule has 0 bridgehead atoms. The third-order valence-corrected chi connectivity index (χ3v) is 6.48. The number of carbonyl (C=O) groups is 3. The van der Waals surface area contributed by atoms with Crippen molar-refractivity contribution in [2.75, 3.05) is 32.7 Å². The van der Waals surface area contributed by atoms with Gasteiger partial charge in [-0.05, 0) is 31.4 Å². The predicted molar refractivity (Wildman–Crippen MR) is 138 cm³/mol. The molecule has 1 saturated heterocycles. The summed E-state index contributed by atoms with van der Waals surface area (Å²) < 4.78 is 0. The topological polar surface area (TPSA) is 148 Å². The van der Waals surface area contributed by atoms with Crippen molar-refractivity contribution < 1.29 is 24.4 Å². The fraction of sp³-hybridized carbons (Fsp3) is 0.480. The Kier molecular flexibility index (Phi) is 11.0. The molecular formula is C25H35BN6O5. The van der Waals surface area contributed by atoms with Gasteiger partial charge in [0.2, 0.25) is 11.8 Å². The number of piperazine rings is 1. The highest BCUT2D eigenvalue weighted by atomic mass is 16.4. The minimum atomic E-state index is -1.80. The van der Waals surface area contributed by atoms with Crippen LogP contribution < -0.4 is 10.6 Å². The molecule has 0 spiro atoms. The summed E-state index contributed by atoms with van der Waals surface area (Å²) in [7, 11) is -1.80. The van der Waals surface area contributed by atoms with E-state index in [0.717, 1.165) is 25.2 Å². The molecule has 1 aliphatic rings. The maximum Gasteiger partial charge on any atom is 0.475 e. The number of carbonyl (C=O) groups excluding carboxylic acids is 3. The second-order valence-electron chi connectivity index (χ2n) is 9.04. The van der Waals surface area contributed by atoms with Gasteiger partial charge in [0.25, 0.3) is 5.91 Å². The van der Waals surface area contributed by atoms with Gasteiger partial charge in [0.1, 0.15) is 11.7 Å². The SMILES string of the molecule is CCN1CCN(C(=O)CC(NC(=O)c2cnccn2)C(=O)NC(CCCc2ccccc2)B(O)O)CC1. The van der Waals surface area contributed by atoms with Gasteiger partial charge in [0.15, 0.2) is 0 Å². The number of nitrogens with zero attached hydrogens (tertiary/aromatic N) is 4. The predicted octanol–water partition coefficient (Wildman–Crippen LogP) is -0.351. The Morgan fingerprint density at radius 3 is 2.41 bits per heavy atom. The monoisotopic (exact) mass is 510 g/mol. The van der Waals surface area contributed by atoms with E-state index < -0.39 is 30.9 Å². The van der Waals surface area contributed by atoms with E-state index in [2.05, 4.69) is 32.4 Å². The lowest BCUT2D eigenvalue weighted by Gasteiger charge is -2.34. The summed E-state index contributed by atoms with van der Waals surface area (Å²) in [5.41, 5.74) is 1.11. The fourth-order valence-corrected chi connectivity index (χ4v) is 4.22. The van der Waals surface area contributed by atoms with Gasteiger partial charge >= 0.3 is 7.12 Å². The molecule has 2 heterocycles. The van der Waals surface area contributed by atoms with E-state index in [-0.39, 0.29) is 18.0 Å². The van der Waals surface area contributed by atoms with Crippen LogP contribution in [0.1, 0.15) is 42.2 Å². The van der Waals surface area contributed by atoms with E-state index in [1.807, 2.05) is 30.3 Å². The quantitative estimate of drug-likeness (QED) is 0.283. The smallest absolute Gasteiger partial charge is 0.426 e. The Morgan fingerprint density at radius 1 is 1.05 bits per heavy atom. The number of hydrogen-bond donors (Lipinski definition) is 4. The molecule has 37 heavy (non-hydrogen) atoms. The Morgan fingerprint density at radius 2 is 1.78 bits per heavy atom. The van der Waals surface area contributed by atoms with E-state index in [1.165, 1.54) is 18.6 Å². The summed E-state index contributed by atoms with van der Waals surface area (Å²) in [6.45, 7) is 5.52. The second kappa shape index (κ2) is 14.4. The molecule has 0 radical (unpaired) electrons. The van der Waals surface area contributed by atoms with Gasteiger partial charge < -0.3 is 30.5 Å². The average molecular weight is 510 g/mol. The standard InChI is InChI=1S/C25H35BN6O5/c1-2-31-13-15-32(16-14-31)23(33)17-20(29-25(35)21-18-27-11-12-28-21)24(34)30-22(26(36)37)10-6-9-19-7-4-3-5-8-19/h3-5,7-8,11-12,18,20,22,36-37H,2,6,9-10,13-17H2,1H3,(H,29,35)(H,30,34). The number of benzene rings is 1. The Hall–Kier alpha value is -3.35. The van der Waals surface area contributed by atoms with Gasteiger partial charge in [-0.15, -0.1) is 0 Å². The Balaban J connectivity index is 1.65. The number of likely N-dealkylation sites (N-methyl/N-ethyl adjacent to an activating group) is 1. The summed E-state index contributed by atoms with van der Waals surface area (Å²) in [4.78, 5) is 50.7. The van der Waals surface area contributed by atoms with E-state index in [1.54, 1.807) is 4.90 Å². The van der Waals surface area contributed by atoms with Crippen molar-refractivity contribution in [3.8, 4) is 0 Å². The van der Waals surface area contributed by atoms with Crippen LogP contribution in [0.25, 0.3) is 0 Å². The number of amides is 3. The molecule has 1 aliphatic heterocycles. The summed E-state index contributed by atoms with van der Waals surface area (Å²) in [5.74, 6) is -2.55. The lowest BCUT2D eigenvalue weighted by molar-refractivity contribution is -0.136. The van der Waals surface area contributed by atoms with Crippen LogP contribution in [0, 0.1) is 0 Å². The van der Waals surface area contributed by atoms with E-state index >= 15 is 0 Å². The van der Waals surface area contributed by atoms with E-state index in [0.29, 0.717) is 32.4 Å². The first-order valence-electron chi connectivity index (χ1n) is 12.6. The minimum absolute atomic E-state index is 0.00548. The third-order valence-electron chi connectivity index (χ3n) is 6.48. The molecule has 1 aromatic heterocycles. The van der Waals surface area contributed by atoms with Crippen molar-refractivity contribution in [1.29, 1.82) is 0 Å². The van der Waals surface area contributed by atoms with E-state index in [4.69, 9.17) is 0 Å². The van der Waals surface area contributed by atoms with Crippen LogP contribution in [0.2, 0.25) is 0 Å². The number of aromatic nitrogens is 2. The maximum absolute atomic E-state index is 13.2. The molecular weight excluding hydrogens is 475 g/mol. The Bertz CT molecular complexity index is 1010. The third kappa shape index (κ3) is 8.92. The van der Waals surface area contributed by atoms with Crippen LogP contribution in [-0.4, -0.2) is 99.4 Å². The van der Waals surface area contributed by atoms with Crippen LogP contribution in [-0.2, 0) is 16.0 Å². The molecule has 1 aromatic carbocycles. The molecule has 1 fully saturated rings. The molecule has 0 saturated carbocycles. The largest absolute Gasteiger partial charge is 0.475 e. The molecule has 12 heteroatoms. The summed E-state index contributed by atoms with van der Waals surface area (Å²) in [6, 6.07) is 8.52. The van der Waals surface area contributed by atoms with Gasteiger partial charge in [-0.1, -0.05) is 37.3 Å². The molecule has 0 aliphatic carbocycles. The molecule has 2 aromatic rings. The lowest BCUT2D eigenvalue weighted by Crippen LogP contribution is -2.56. The van der Waals surface area contributed by atoms with Crippen molar-refractivity contribution in [1.82, 2.24) is 30.4 Å². The highest BCUT2D eigenvalue weighted by Gasteiger charge is 2.32. The molecule has 11 nitrogen and oxygen atoms in total. The van der Waals surface area contributed by atoms with Crippen LogP contribution in [0.15, 0.2) is 48.9 Å². The summed E-state index contributed by atoms with van der Waals surface area (Å²) in [6.07, 6.45) is 5.38. The highest BCUT2D eigenvalue weighted by Crippen LogP contribution is 2.10. The van der Waals surface area contributed by atoms with Crippen molar-refractivity contribution in [2.24, 2.45) is 0 Å². The first kappa shape index (κ1) is 28.2. The average Bonchev–Trinajstić information content (AvgIpc) is 2.93. The van der Waals surface area contributed by atoms with Crippen molar-refractivity contribution in [3.05, 3.63) is 60.2 Å². The highest BCUT2D eigenvalue weighted by molar-refractivity contribution is 6.43. The number of aryl methyl sites for hydroxylation is 1. The number of nitrogens with one attached hydrogen (secondary N) is 2. The Labute approximate surface area is 217 Å². The zero-order valence-electron chi connectivity index (χ0n) is 21.1. The van der Waals surface area contributed by atoms with Gasteiger partial charge in [-0.3, -0.25) is 19.4 Å².